The predicted octanol–water partition coefficient (Wildman–Crippen LogP) is 2.90. The number of benzene rings is 1. The number of halogens is 1. The summed E-state index contributed by atoms with van der Waals surface area (Å²) in [6.45, 7) is 3.85. The third kappa shape index (κ3) is 4.17. The number of rotatable bonds is 5. The van der Waals surface area contributed by atoms with Crippen molar-refractivity contribution in [1.82, 2.24) is 10.3 Å². The maximum Gasteiger partial charge on any atom is 0.270 e. The summed E-state index contributed by atoms with van der Waals surface area (Å²) in [6.07, 6.45) is 2.98. The zero-order chi connectivity index (χ0) is 15.9. The molecule has 1 aromatic heterocycles. The van der Waals surface area contributed by atoms with Gasteiger partial charge in [-0.15, -0.1) is 6.58 Å². The highest BCUT2D eigenvalue weighted by atomic mass is 35.5. The second-order valence-electron chi connectivity index (χ2n) is 4.39. The average Bonchev–Trinajstić information content (AvgIpc) is 2.54. The fourth-order valence-corrected chi connectivity index (χ4v) is 1.81. The second-order valence-corrected chi connectivity index (χ2v) is 4.83. The van der Waals surface area contributed by atoms with Gasteiger partial charge in [0.05, 0.1) is 0 Å². The third-order valence-electron chi connectivity index (χ3n) is 2.76. The molecule has 0 aliphatic carbocycles. The van der Waals surface area contributed by atoms with E-state index in [2.05, 4.69) is 22.2 Å². The van der Waals surface area contributed by atoms with E-state index in [0.717, 1.165) is 0 Å². The Morgan fingerprint density at radius 2 is 1.91 bits per heavy atom. The van der Waals surface area contributed by atoms with E-state index in [4.69, 9.17) is 11.6 Å². The first-order chi connectivity index (χ1) is 10.6. The van der Waals surface area contributed by atoms with E-state index in [0.29, 0.717) is 22.8 Å². The largest absolute Gasteiger partial charge is 0.347 e. The zero-order valence-corrected chi connectivity index (χ0v) is 12.4. The molecular weight excluding hydrogens is 302 g/mol. The maximum absolute atomic E-state index is 12.2. The number of nitrogens with one attached hydrogen (secondary N) is 2. The maximum atomic E-state index is 12.2. The van der Waals surface area contributed by atoms with Gasteiger partial charge in [0, 0.05) is 29.0 Å². The molecule has 0 spiro atoms. The van der Waals surface area contributed by atoms with Crippen molar-refractivity contribution < 1.29 is 9.59 Å². The summed E-state index contributed by atoms with van der Waals surface area (Å²) in [4.78, 5) is 27.9. The van der Waals surface area contributed by atoms with Crippen molar-refractivity contribution in [3.63, 3.8) is 0 Å². The highest BCUT2D eigenvalue weighted by Gasteiger charge is 2.11. The number of amides is 2. The fourth-order valence-electron chi connectivity index (χ4n) is 1.69. The quantitative estimate of drug-likeness (QED) is 0.833. The summed E-state index contributed by atoms with van der Waals surface area (Å²) in [5.41, 5.74) is 1.13. The highest BCUT2D eigenvalue weighted by molar-refractivity contribution is 6.30. The minimum atomic E-state index is -0.360. The van der Waals surface area contributed by atoms with Gasteiger partial charge in [0.25, 0.3) is 11.8 Å². The van der Waals surface area contributed by atoms with Crippen molar-refractivity contribution in [3.05, 3.63) is 71.5 Å². The minimum absolute atomic E-state index is 0.172. The Morgan fingerprint density at radius 1 is 1.18 bits per heavy atom. The molecule has 22 heavy (non-hydrogen) atoms. The molecule has 2 rings (SSSR count). The SMILES string of the molecule is C=CCNC(=O)c1cc(C(=O)Nc2ccc(Cl)cc2)ccn1. The number of nitrogens with zero attached hydrogens (tertiary/aromatic N) is 1. The number of aromatic nitrogens is 1. The molecule has 6 heteroatoms. The van der Waals surface area contributed by atoms with E-state index in [-0.39, 0.29) is 17.5 Å². The van der Waals surface area contributed by atoms with Crippen molar-refractivity contribution in [2.75, 3.05) is 11.9 Å². The Balaban J connectivity index is 2.11. The van der Waals surface area contributed by atoms with Gasteiger partial charge in [0.1, 0.15) is 5.69 Å². The Bertz CT molecular complexity index is 699. The Kier molecular flexibility index (Phi) is 5.27. The average molecular weight is 316 g/mol. The molecule has 0 fully saturated rings. The smallest absolute Gasteiger partial charge is 0.270 e. The molecule has 2 aromatic rings. The molecule has 0 radical (unpaired) electrons. The van der Waals surface area contributed by atoms with Crippen LogP contribution in [0.3, 0.4) is 0 Å². The molecule has 2 amide bonds. The lowest BCUT2D eigenvalue weighted by Gasteiger charge is -2.07. The van der Waals surface area contributed by atoms with Crippen LogP contribution in [0.2, 0.25) is 5.02 Å². The van der Waals surface area contributed by atoms with Gasteiger partial charge in [-0.05, 0) is 36.4 Å². The van der Waals surface area contributed by atoms with Crippen LogP contribution in [0.4, 0.5) is 5.69 Å². The third-order valence-corrected chi connectivity index (χ3v) is 3.02. The van der Waals surface area contributed by atoms with E-state index in [1.54, 1.807) is 30.3 Å². The molecule has 0 atom stereocenters. The van der Waals surface area contributed by atoms with Crippen LogP contribution in [0.1, 0.15) is 20.8 Å². The lowest BCUT2D eigenvalue weighted by atomic mass is 10.2. The minimum Gasteiger partial charge on any atom is -0.347 e. The summed E-state index contributed by atoms with van der Waals surface area (Å²) < 4.78 is 0. The molecule has 0 aliphatic heterocycles. The number of carbonyl (C=O) groups excluding carboxylic acids is 2. The molecule has 0 aliphatic rings. The molecule has 0 unspecified atom stereocenters. The van der Waals surface area contributed by atoms with Crippen molar-refractivity contribution in [2.24, 2.45) is 0 Å². The van der Waals surface area contributed by atoms with Crippen molar-refractivity contribution in [3.8, 4) is 0 Å². The van der Waals surface area contributed by atoms with Crippen LogP contribution in [0.5, 0.6) is 0 Å². The van der Waals surface area contributed by atoms with Gasteiger partial charge in [0.2, 0.25) is 0 Å². The molecule has 0 saturated heterocycles. The monoisotopic (exact) mass is 315 g/mol. The molecule has 2 N–H and O–H groups in total. The van der Waals surface area contributed by atoms with Gasteiger partial charge < -0.3 is 10.6 Å². The van der Waals surface area contributed by atoms with Crippen molar-refractivity contribution in [2.45, 2.75) is 0 Å². The standard InChI is InChI=1S/C16H14ClN3O2/c1-2-8-19-16(22)14-10-11(7-9-18-14)15(21)20-13-5-3-12(17)4-6-13/h2-7,9-10H,1,8H2,(H,19,22)(H,20,21). The van der Waals surface area contributed by atoms with Gasteiger partial charge in [0.15, 0.2) is 0 Å². The molecule has 1 aromatic carbocycles. The number of hydrogen-bond acceptors (Lipinski definition) is 3. The van der Waals surface area contributed by atoms with E-state index >= 15 is 0 Å². The van der Waals surface area contributed by atoms with Crippen molar-refractivity contribution >= 4 is 29.1 Å². The first-order valence-corrected chi connectivity index (χ1v) is 6.90. The van der Waals surface area contributed by atoms with E-state index in [1.807, 2.05) is 0 Å². The van der Waals surface area contributed by atoms with E-state index in [1.165, 1.54) is 18.3 Å². The summed E-state index contributed by atoms with van der Waals surface area (Å²) in [7, 11) is 0. The number of hydrogen-bond donors (Lipinski definition) is 2. The number of pyridine rings is 1. The van der Waals surface area contributed by atoms with Crippen LogP contribution >= 0.6 is 11.6 Å². The Labute approximate surface area is 133 Å². The first kappa shape index (κ1) is 15.7. The van der Waals surface area contributed by atoms with Gasteiger partial charge in [-0.25, -0.2) is 0 Å². The molecular formula is C16H14ClN3O2. The highest BCUT2D eigenvalue weighted by Crippen LogP contribution is 2.14. The molecule has 0 bridgehead atoms. The lowest BCUT2D eigenvalue weighted by molar-refractivity contribution is 0.0953. The van der Waals surface area contributed by atoms with Crippen LogP contribution in [0.15, 0.2) is 55.3 Å². The van der Waals surface area contributed by atoms with Crippen LogP contribution < -0.4 is 10.6 Å². The van der Waals surface area contributed by atoms with Gasteiger partial charge >= 0.3 is 0 Å². The van der Waals surface area contributed by atoms with E-state index in [9.17, 15) is 9.59 Å². The molecule has 5 nitrogen and oxygen atoms in total. The lowest BCUT2D eigenvalue weighted by Crippen LogP contribution is -2.24. The molecule has 1 heterocycles. The summed E-state index contributed by atoms with van der Waals surface area (Å²) in [6, 6.07) is 9.72. The van der Waals surface area contributed by atoms with Gasteiger partial charge in [-0.1, -0.05) is 17.7 Å². The predicted molar refractivity (Wildman–Crippen MR) is 86.2 cm³/mol. The Hall–Kier alpha value is -2.66. The van der Waals surface area contributed by atoms with Gasteiger partial charge in [-0.3, -0.25) is 14.6 Å². The second kappa shape index (κ2) is 7.38. The Morgan fingerprint density at radius 3 is 2.59 bits per heavy atom. The molecule has 0 saturated carbocycles. The zero-order valence-electron chi connectivity index (χ0n) is 11.7. The van der Waals surface area contributed by atoms with Crippen LogP contribution in [-0.2, 0) is 0 Å². The van der Waals surface area contributed by atoms with Crippen LogP contribution in [0.25, 0.3) is 0 Å². The topological polar surface area (TPSA) is 71.1 Å². The number of carbonyl (C=O) groups is 2. The summed E-state index contributed by atoms with van der Waals surface area (Å²) >= 11 is 5.79. The van der Waals surface area contributed by atoms with Crippen LogP contribution in [-0.4, -0.2) is 23.3 Å². The van der Waals surface area contributed by atoms with Crippen molar-refractivity contribution in [1.29, 1.82) is 0 Å². The first-order valence-electron chi connectivity index (χ1n) is 6.52. The molecule has 112 valence electrons. The summed E-state index contributed by atoms with van der Waals surface area (Å²) in [5.74, 6) is -0.691. The van der Waals surface area contributed by atoms with Crippen LogP contribution in [0, 0.1) is 0 Å². The fraction of sp³-hybridized carbons (Fsp3) is 0.0625. The van der Waals surface area contributed by atoms with Gasteiger partial charge in [-0.2, -0.15) is 0 Å². The summed E-state index contributed by atoms with van der Waals surface area (Å²) in [5, 5.41) is 5.91. The number of anilines is 1. The van der Waals surface area contributed by atoms with E-state index < -0.39 is 0 Å². The normalized spacial score (nSPS) is 9.86.